The Morgan fingerprint density at radius 2 is 1.78 bits per heavy atom. The summed E-state index contributed by atoms with van der Waals surface area (Å²) in [6.45, 7) is 5.84. The molecule has 32 heavy (non-hydrogen) atoms. The molecule has 2 amide bonds. The maximum Gasteiger partial charge on any atom is 0.445 e. The molecule has 0 unspecified atom stereocenters. The van der Waals surface area contributed by atoms with E-state index in [0.29, 0.717) is 32.8 Å². The molecule has 1 aromatic carbocycles. The van der Waals surface area contributed by atoms with E-state index in [-0.39, 0.29) is 35.2 Å². The van der Waals surface area contributed by atoms with Crippen LogP contribution in [-0.4, -0.2) is 71.1 Å². The first-order valence-electron chi connectivity index (χ1n) is 10.1. The maximum atomic E-state index is 12.5. The van der Waals surface area contributed by atoms with E-state index >= 15 is 0 Å². The zero-order valence-electron chi connectivity index (χ0n) is 17.5. The Labute approximate surface area is 187 Å². The summed E-state index contributed by atoms with van der Waals surface area (Å²) in [5, 5.41) is 7.18. The highest BCUT2D eigenvalue weighted by Gasteiger charge is 2.35. The van der Waals surface area contributed by atoms with Gasteiger partial charge in [-0.25, -0.2) is 0 Å². The van der Waals surface area contributed by atoms with Crippen LogP contribution in [-0.2, 0) is 15.8 Å². The average Bonchev–Trinajstić information content (AvgIpc) is 3.23. The molecule has 2 heterocycles. The fourth-order valence-corrected chi connectivity index (χ4v) is 3.72. The van der Waals surface area contributed by atoms with Gasteiger partial charge in [-0.3, -0.25) is 14.5 Å². The van der Waals surface area contributed by atoms with Crippen molar-refractivity contribution < 1.29 is 27.5 Å². The van der Waals surface area contributed by atoms with Gasteiger partial charge in [-0.05, 0) is 19.1 Å². The normalized spacial score (nSPS) is 14.9. The Kier molecular flexibility index (Phi) is 8.02. The molecule has 0 radical (unpaired) electrons. The summed E-state index contributed by atoms with van der Waals surface area (Å²) in [5.41, 5.74) is 1.17. The quantitative estimate of drug-likeness (QED) is 0.637. The van der Waals surface area contributed by atoms with Crippen molar-refractivity contribution in [1.29, 1.82) is 0 Å². The van der Waals surface area contributed by atoms with Crippen LogP contribution in [0.5, 0.6) is 5.75 Å². The van der Waals surface area contributed by atoms with Crippen molar-refractivity contribution in [2.24, 2.45) is 0 Å². The number of anilines is 1. The van der Waals surface area contributed by atoms with E-state index in [4.69, 9.17) is 4.74 Å². The smallest absolute Gasteiger partial charge is 0.445 e. The van der Waals surface area contributed by atoms with E-state index in [1.165, 1.54) is 5.56 Å². The number of alkyl halides is 3. The molecule has 1 saturated heterocycles. The van der Waals surface area contributed by atoms with Gasteiger partial charge in [-0.15, -0.1) is 10.2 Å². The number of halogens is 3. The van der Waals surface area contributed by atoms with E-state index < -0.39 is 17.1 Å². The highest BCUT2D eigenvalue weighted by molar-refractivity contribution is 7.15. The Bertz CT molecular complexity index is 912. The number of carbonyl (C=O) groups is 2. The summed E-state index contributed by atoms with van der Waals surface area (Å²) in [7, 11) is 0. The van der Waals surface area contributed by atoms with E-state index in [1.54, 1.807) is 4.90 Å². The lowest BCUT2D eigenvalue weighted by atomic mass is 10.2. The molecule has 0 aliphatic carbocycles. The third kappa shape index (κ3) is 7.16. The predicted molar refractivity (Wildman–Crippen MR) is 112 cm³/mol. The highest BCUT2D eigenvalue weighted by Crippen LogP contribution is 2.33. The van der Waals surface area contributed by atoms with Crippen molar-refractivity contribution in [3.05, 3.63) is 34.8 Å². The van der Waals surface area contributed by atoms with E-state index in [2.05, 4.69) is 20.4 Å². The minimum absolute atomic E-state index is 0.0205. The van der Waals surface area contributed by atoms with Crippen LogP contribution in [0.2, 0.25) is 0 Å². The first-order chi connectivity index (χ1) is 15.2. The second-order valence-electron chi connectivity index (χ2n) is 7.34. The van der Waals surface area contributed by atoms with Crippen molar-refractivity contribution in [3.8, 4) is 5.75 Å². The number of aryl methyl sites for hydroxylation is 1. The Morgan fingerprint density at radius 1 is 1.09 bits per heavy atom. The van der Waals surface area contributed by atoms with Crippen LogP contribution in [0.4, 0.5) is 18.3 Å². The van der Waals surface area contributed by atoms with Gasteiger partial charge in [0.15, 0.2) is 0 Å². The standard InChI is InChI=1S/C20H24F3N5O3S/c1-14-2-4-15(5-3-14)31-13-12-27-8-10-28(11-9-27)17(30)7-6-16(29)24-19-26-25-18(32-19)20(21,22)23/h2-5H,6-13H2,1H3,(H,24,26,29). The van der Waals surface area contributed by atoms with Gasteiger partial charge in [-0.1, -0.05) is 29.0 Å². The number of nitrogens with one attached hydrogen (secondary N) is 1. The third-order valence-electron chi connectivity index (χ3n) is 4.90. The molecule has 2 aromatic rings. The molecule has 1 aromatic heterocycles. The lowest BCUT2D eigenvalue weighted by Crippen LogP contribution is -2.49. The van der Waals surface area contributed by atoms with Crippen molar-refractivity contribution in [3.63, 3.8) is 0 Å². The van der Waals surface area contributed by atoms with Crippen molar-refractivity contribution in [1.82, 2.24) is 20.0 Å². The number of benzene rings is 1. The number of nitrogens with zero attached hydrogens (tertiary/aromatic N) is 4. The van der Waals surface area contributed by atoms with Gasteiger partial charge >= 0.3 is 6.18 Å². The van der Waals surface area contributed by atoms with Crippen molar-refractivity contribution in [2.45, 2.75) is 25.9 Å². The van der Waals surface area contributed by atoms with Crippen LogP contribution in [0, 0.1) is 6.92 Å². The molecule has 0 saturated carbocycles. The summed E-state index contributed by atoms with van der Waals surface area (Å²) in [4.78, 5) is 28.2. The second-order valence-corrected chi connectivity index (χ2v) is 8.32. The molecule has 174 valence electrons. The largest absolute Gasteiger partial charge is 0.492 e. The van der Waals surface area contributed by atoms with Crippen LogP contribution in [0.25, 0.3) is 0 Å². The third-order valence-corrected chi connectivity index (χ3v) is 5.79. The number of aromatic nitrogens is 2. The van der Waals surface area contributed by atoms with Crippen molar-refractivity contribution >= 4 is 28.3 Å². The van der Waals surface area contributed by atoms with E-state index in [9.17, 15) is 22.8 Å². The van der Waals surface area contributed by atoms with Gasteiger partial charge in [-0.2, -0.15) is 13.2 Å². The van der Waals surface area contributed by atoms with Crippen molar-refractivity contribution in [2.75, 3.05) is 44.6 Å². The molecule has 12 heteroatoms. The molecule has 1 N–H and O–H groups in total. The van der Waals surface area contributed by atoms with E-state index in [0.717, 1.165) is 12.3 Å². The number of hydrogen-bond donors (Lipinski definition) is 1. The summed E-state index contributed by atoms with van der Waals surface area (Å²) >= 11 is 0.246. The minimum Gasteiger partial charge on any atom is -0.492 e. The number of hydrogen-bond acceptors (Lipinski definition) is 7. The van der Waals surface area contributed by atoms with Gasteiger partial charge in [0.05, 0.1) is 0 Å². The van der Waals surface area contributed by atoms with E-state index in [1.807, 2.05) is 31.2 Å². The lowest BCUT2D eigenvalue weighted by molar-refractivity contribution is -0.138. The van der Waals surface area contributed by atoms with Gasteiger partial charge in [0.25, 0.3) is 0 Å². The molecule has 0 spiro atoms. The van der Waals surface area contributed by atoms with Crippen LogP contribution in [0.3, 0.4) is 0 Å². The average molecular weight is 472 g/mol. The number of piperazine rings is 1. The van der Waals surface area contributed by atoms with Crippen LogP contribution in [0.1, 0.15) is 23.4 Å². The summed E-state index contributed by atoms with van der Waals surface area (Å²) < 4.78 is 43.3. The van der Waals surface area contributed by atoms with Crippen LogP contribution in [0.15, 0.2) is 24.3 Å². The highest BCUT2D eigenvalue weighted by atomic mass is 32.1. The fraction of sp³-hybridized carbons (Fsp3) is 0.500. The lowest BCUT2D eigenvalue weighted by Gasteiger charge is -2.34. The Morgan fingerprint density at radius 3 is 2.41 bits per heavy atom. The molecule has 3 rings (SSSR count). The number of amides is 2. The molecule has 8 nitrogen and oxygen atoms in total. The zero-order valence-corrected chi connectivity index (χ0v) is 18.3. The number of carbonyl (C=O) groups excluding carboxylic acids is 2. The van der Waals surface area contributed by atoms with Gasteiger partial charge < -0.3 is 15.0 Å². The summed E-state index contributed by atoms with van der Waals surface area (Å²) in [6.07, 6.45) is -4.76. The van der Waals surface area contributed by atoms with Crippen LogP contribution >= 0.6 is 11.3 Å². The molecule has 0 atom stereocenters. The monoisotopic (exact) mass is 471 g/mol. The SMILES string of the molecule is Cc1ccc(OCCN2CCN(C(=O)CCC(=O)Nc3nnc(C(F)(F)F)s3)CC2)cc1. The predicted octanol–water partition coefficient (Wildman–Crippen LogP) is 2.81. The minimum atomic E-state index is -4.61. The summed E-state index contributed by atoms with van der Waals surface area (Å²) in [6, 6.07) is 7.85. The number of rotatable bonds is 8. The van der Waals surface area contributed by atoms with Gasteiger partial charge in [0.2, 0.25) is 22.0 Å². The number of ether oxygens (including phenoxy) is 1. The molecule has 1 aliphatic heterocycles. The topological polar surface area (TPSA) is 87.7 Å². The fourth-order valence-electron chi connectivity index (χ4n) is 3.10. The first kappa shape index (κ1) is 23.9. The molecular formula is C20H24F3N5O3S. The molecule has 1 fully saturated rings. The summed E-state index contributed by atoms with van der Waals surface area (Å²) in [5.74, 6) is 0.0879. The Balaban J connectivity index is 1.32. The molecule has 1 aliphatic rings. The maximum absolute atomic E-state index is 12.5. The van der Waals surface area contributed by atoms with Gasteiger partial charge in [0.1, 0.15) is 12.4 Å². The second kappa shape index (κ2) is 10.7. The van der Waals surface area contributed by atoms with Gasteiger partial charge in [0, 0.05) is 45.6 Å². The Hall–Kier alpha value is -2.73. The molecular weight excluding hydrogens is 447 g/mol. The zero-order chi connectivity index (χ0) is 23.1. The first-order valence-corrected chi connectivity index (χ1v) is 10.9. The molecule has 0 bridgehead atoms. The van der Waals surface area contributed by atoms with Crippen LogP contribution < -0.4 is 10.1 Å².